The maximum atomic E-state index is 13.2. The summed E-state index contributed by atoms with van der Waals surface area (Å²) in [5.74, 6) is -9.05. The molecule has 35 atom stereocenters. The van der Waals surface area contributed by atoms with Gasteiger partial charge in [0.1, 0.15) is 152 Å². The van der Waals surface area contributed by atoms with Gasteiger partial charge in [-0.15, -0.1) is 0 Å². The number of aliphatic hydroxyl groups excluding tert-OH is 20. The number of amides is 4. The molecule has 0 aromatic carbocycles. The molecular formula is C53H90N4O38. The van der Waals surface area contributed by atoms with Crippen LogP contribution in [-0.2, 0) is 80.8 Å². The van der Waals surface area contributed by atoms with Crippen LogP contribution < -0.4 is 21.3 Å². The number of aliphatic carboxylic acids is 1. The molecule has 0 aromatic rings. The molecule has 0 aromatic heterocycles. The van der Waals surface area contributed by atoms with Crippen molar-refractivity contribution in [3.63, 3.8) is 0 Å². The Morgan fingerprint density at radius 1 is 0.495 bits per heavy atom. The minimum atomic E-state index is -3.28. The van der Waals surface area contributed by atoms with Gasteiger partial charge < -0.3 is 185 Å². The van der Waals surface area contributed by atoms with Gasteiger partial charge in [-0.3, -0.25) is 19.2 Å². The van der Waals surface area contributed by atoms with Gasteiger partial charge in [0, 0.05) is 34.1 Å². The van der Waals surface area contributed by atoms with Crippen LogP contribution in [0.4, 0.5) is 0 Å². The highest BCUT2D eigenvalue weighted by atomic mass is 16.8. The number of nitrogens with one attached hydrogen (secondary N) is 4. The Morgan fingerprint density at radius 3 is 1.52 bits per heavy atom. The average molecular weight is 1390 g/mol. The molecule has 6 saturated heterocycles. The Kier molecular flexibility index (Phi) is 29.4. The maximum absolute atomic E-state index is 13.2. The van der Waals surface area contributed by atoms with Gasteiger partial charge in [-0.05, 0) is 6.92 Å². The first kappa shape index (κ1) is 80.0. The van der Waals surface area contributed by atoms with Crippen LogP contribution in [0.15, 0.2) is 0 Å². The van der Waals surface area contributed by atoms with Gasteiger partial charge >= 0.3 is 5.97 Å². The highest BCUT2D eigenvalue weighted by molar-refractivity contribution is 5.77. The second-order valence-electron chi connectivity index (χ2n) is 23.7. The zero-order valence-corrected chi connectivity index (χ0v) is 51.6. The Bertz CT molecular complexity index is 2470. The third-order valence-electron chi connectivity index (χ3n) is 16.7. The van der Waals surface area contributed by atoms with Gasteiger partial charge in [0.25, 0.3) is 5.79 Å². The zero-order valence-electron chi connectivity index (χ0n) is 51.6. The molecule has 6 fully saturated rings. The standard InChI is InChI=1S/C53H90N4O38/c1-14-30(71)36(77)38(79)49(85-14)93-45-29(57-18(5)67)47(88-26(12-63)43(45)92-51-40(81)46(34(75)24(10-61)87-51)95-53(52(82)83)6-20(68)27(55-16(3)65)44(94-53)31(72)21(69)8-59)84-13-22(70)32(73)41(19(7-58)54-15(2)64)90-48-28(56-17(4)66)35(76)42(25(11-62)89-48)91-50-39(80)37(78)33(74)23(9-60)86-50/h14,19-51,58-63,68-81H,6-13H2,1-5H3,(H,54,64)(H,55,65)(H,56,66)(H,57,67)(H,82,83)/t14-,19-,20-,21+,22+,23+,24+,25+,26+,27+,28+,29+,30+,31+,32-,33-,34-,35+,36+,37-,38-,39+,40+,41+,42+,43+,44+,45+,46-,47+,48-,49-,50-,51-,53-/m0/s1. The number of rotatable bonds is 29. The maximum Gasteiger partial charge on any atom is 0.364 e. The Hall–Kier alpha value is -3.93. The first-order valence-electron chi connectivity index (χ1n) is 30.0. The molecule has 0 bridgehead atoms. The van der Waals surface area contributed by atoms with Gasteiger partial charge in [-0.1, -0.05) is 0 Å². The summed E-state index contributed by atoms with van der Waals surface area (Å²) < 4.78 is 70.3. The van der Waals surface area contributed by atoms with Crippen LogP contribution in [0.5, 0.6) is 0 Å². The molecule has 42 heteroatoms. The van der Waals surface area contributed by atoms with E-state index in [4.69, 9.17) is 56.8 Å². The Morgan fingerprint density at radius 2 is 0.979 bits per heavy atom. The van der Waals surface area contributed by atoms with Crippen molar-refractivity contribution in [3.05, 3.63) is 0 Å². The topological polar surface area (TPSA) is 669 Å². The quantitative estimate of drug-likeness (QED) is 0.0331. The lowest BCUT2D eigenvalue weighted by Gasteiger charge is -2.51. The number of carbonyl (C=O) groups is 5. The Labute approximate surface area is 539 Å². The van der Waals surface area contributed by atoms with Gasteiger partial charge in [0.15, 0.2) is 31.5 Å². The van der Waals surface area contributed by atoms with Gasteiger partial charge in [-0.25, -0.2) is 4.79 Å². The molecule has 0 aliphatic carbocycles. The predicted molar refractivity (Wildman–Crippen MR) is 296 cm³/mol. The summed E-state index contributed by atoms with van der Waals surface area (Å²) in [6.45, 7) is -2.88. The molecule has 4 amide bonds. The molecule has 6 heterocycles. The van der Waals surface area contributed by atoms with E-state index in [2.05, 4.69) is 21.3 Å². The van der Waals surface area contributed by atoms with E-state index in [9.17, 15) is 131 Å². The largest absolute Gasteiger partial charge is 0.477 e. The van der Waals surface area contributed by atoms with E-state index in [1.165, 1.54) is 6.92 Å². The van der Waals surface area contributed by atoms with Gasteiger partial charge in [0.05, 0.1) is 70.5 Å². The lowest BCUT2D eigenvalue weighted by Crippen LogP contribution is -2.71. The lowest BCUT2D eigenvalue weighted by atomic mass is 9.88. The number of carbonyl (C=O) groups excluding carboxylic acids is 4. The molecule has 550 valence electrons. The SMILES string of the molecule is CC(=O)N[C@H]1[C@H](O[C@@H]([C@@H](O)[C@H](O)CO[C@@H]2O[C@H](CO)[C@@H](O[C@@H]3O[C@H](CO)[C@H](O)[C@H](O[C@]4(C(=O)O)C[C@H](O)[C@@H](NC(C)=O)[C@H]([C@H](O)[C@H](O)CO)O4)[C@H]3O)[C@H](O[C@@H]3O[C@@H](C)[C@@H](O)[C@@H](O)[C@@H]3O)[C@H]2NC(C)=O)[C@H](CO)NC(C)=O)O[C@H](CO)[C@@H](O[C@@H]2O[C@H](CO)[C@H](O)[C@H](O)[C@H]2O)[C@@H]1O. The summed E-state index contributed by atoms with van der Waals surface area (Å²) in [7, 11) is 0. The molecule has 25 N–H and O–H groups in total. The molecule has 0 saturated carbocycles. The predicted octanol–water partition coefficient (Wildman–Crippen LogP) is -15.8. The number of ether oxygens (including phenoxy) is 12. The van der Waals surface area contributed by atoms with Crippen LogP contribution in [-0.4, -0.2) is 397 Å². The summed E-state index contributed by atoms with van der Waals surface area (Å²) in [4.78, 5) is 63.9. The van der Waals surface area contributed by atoms with Crippen LogP contribution >= 0.6 is 0 Å². The van der Waals surface area contributed by atoms with Crippen molar-refractivity contribution in [2.75, 3.05) is 46.2 Å². The van der Waals surface area contributed by atoms with Crippen LogP contribution in [0.3, 0.4) is 0 Å². The second kappa shape index (κ2) is 34.9. The van der Waals surface area contributed by atoms with Crippen molar-refractivity contribution >= 4 is 29.6 Å². The van der Waals surface area contributed by atoms with Crippen molar-refractivity contribution in [2.24, 2.45) is 0 Å². The van der Waals surface area contributed by atoms with Crippen molar-refractivity contribution in [2.45, 2.75) is 255 Å². The minimum absolute atomic E-state index is 0.861. The van der Waals surface area contributed by atoms with E-state index in [1.807, 2.05) is 0 Å². The number of hydrogen-bond donors (Lipinski definition) is 25. The molecule has 42 nitrogen and oxygen atoms in total. The molecule has 95 heavy (non-hydrogen) atoms. The first-order chi connectivity index (χ1) is 44.6. The van der Waals surface area contributed by atoms with Crippen molar-refractivity contribution in [1.29, 1.82) is 0 Å². The van der Waals surface area contributed by atoms with E-state index in [0.717, 1.165) is 27.7 Å². The molecule has 6 aliphatic rings. The molecule has 6 rings (SSSR count). The van der Waals surface area contributed by atoms with E-state index < -0.39 is 296 Å². The Balaban J connectivity index is 1.33. The number of aliphatic hydroxyl groups is 20. The monoisotopic (exact) mass is 1390 g/mol. The normalized spacial score (nSPS) is 42.9. The molecule has 0 radical (unpaired) electrons. The minimum Gasteiger partial charge on any atom is -0.477 e. The third-order valence-corrected chi connectivity index (χ3v) is 16.7. The van der Waals surface area contributed by atoms with E-state index in [1.54, 1.807) is 0 Å². The molecule has 0 spiro atoms. The van der Waals surface area contributed by atoms with Crippen molar-refractivity contribution in [1.82, 2.24) is 21.3 Å². The van der Waals surface area contributed by atoms with Crippen molar-refractivity contribution in [3.8, 4) is 0 Å². The van der Waals surface area contributed by atoms with Gasteiger partial charge in [-0.2, -0.15) is 0 Å². The highest BCUT2D eigenvalue weighted by Gasteiger charge is 2.62. The fourth-order valence-electron chi connectivity index (χ4n) is 11.8. The second-order valence-corrected chi connectivity index (χ2v) is 23.7. The van der Waals surface area contributed by atoms with Gasteiger partial charge in [0.2, 0.25) is 23.6 Å². The summed E-state index contributed by atoms with van der Waals surface area (Å²) in [6.07, 6.45) is -63.2. The lowest BCUT2D eigenvalue weighted by molar-refractivity contribution is -0.391. The van der Waals surface area contributed by atoms with E-state index in [-0.39, 0.29) is 0 Å². The van der Waals surface area contributed by atoms with Crippen LogP contribution in [0.2, 0.25) is 0 Å². The van der Waals surface area contributed by atoms with Crippen LogP contribution in [0, 0.1) is 0 Å². The average Bonchev–Trinajstić information content (AvgIpc) is 0.759. The van der Waals surface area contributed by atoms with E-state index in [0.29, 0.717) is 0 Å². The third kappa shape index (κ3) is 18.5. The molecule has 6 aliphatic heterocycles. The fraction of sp³-hybridized carbons (Fsp3) is 0.906. The summed E-state index contributed by atoms with van der Waals surface area (Å²) in [6, 6.07) is -7.30. The highest BCUT2D eigenvalue weighted by Crippen LogP contribution is 2.40. The number of hydrogen-bond acceptors (Lipinski definition) is 37. The zero-order chi connectivity index (χ0) is 71.0. The van der Waals surface area contributed by atoms with Crippen molar-refractivity contribution < 1.29 is 188 Å². The van der Waals surface area contributed by atoms with Crippen LogP contribution in [0.1, 0.15) is 41.0 Å². The summed E-state index contributed by atoms with van der Waals surface area (Å²) in [5, 5.41) is 238. The smallest absolute Gasteiger partial charge is 0.364 e. The summed E-state index contributed by atoms with van der Waals surface area (Å²) >= 11 is 0. The number of carboxylic acids is 1. The molecule has 0 unspecified atom stereocenters. The molecular weight excluding hydrogens is 1300 g/mol. The number of carboxylic acid groups (broad SMARTS) is 1. The first-order valence-corrected chi connectivity index (χ1v) is 30.0. The van der Waals surface area contributed by atoms with Crippen LogP contribution in [0.25, 0.3) is 0 Å². The fourth-order valence-corrected chi connectivity index (χ4v) is 11.8. The summed E-state index contributed by atoms with van der Waals surface area (Å²) in [5.41, 5.74) is 0. The van der Waals surface area contributed by atoms with E-state index >= 15 is 0 Å².